The van der Waals surface area contributed by atoms with E-state index in [1.54, 1.807) is 11.3 Å². The Hall–Kier alpha value is -1.82. The second-order valence-electron chi connectivity index (χ2n) is 6.35. The molecule has 0 unspecified atom stereocenters. The van der Waals surface area contributed by atoms with Crippen LogP contribution >= 0.6 is 22.9 Å². The minimum absolute atomic E-state index is 0.798. The van der Waals surface area contributed by atoms with E-state index in [-0.39, 0.29) is 0 Å². The lowest BCUT2D eigenvalue weighted by Gasteiger charge is -2.36. The molecule has 3 aromatic rings. The van der Waals surface area contributed by atoms with Gasteiger partial charge >= 0.3 is 0 Å². The number of nitrogens with zero attached hydrogens (tertiary/aromatic N) is 3. The quantitative estimate of drug-likeness (QED) is 0.664. The molecule has 0 saturated carbocycles. The second kappa shape index (κ2) is 7.20. The molecule has 1 aromatic carbocycles. The molecule has 1 saturated heterocycles. The molecule has 0 spiro atoms. The summed E-state index contributed by atoms with van der Waals surface area (Å²) in [4.78, 5) is 5.96. The van der Waals surface area contributed by atoms with Gasteiger partial charge in [-0.15, -0.1) is 11.3 Å². The Morgan fingerprint density at radius 1 is 1.16 bits per heavy atom. The lowest BCUT2D eigenvalue weighted by Crippen LogP contribution is -2.46. The van der Waals surface area contributed by atoms with Gasteiger partial charge in [0, 0.05) is 49.5 Å². The van der Waals surface area contributed by atoms with Crippen molar-refractivity contribution in [2.45, 2.75) is 13.5 Å². The van der Waals surface area contributed by atoms with E-state index in [9.17, 15) is 0 Å². The highest BCUT2D eigenvalue weighted by Gasteiger charge is 2.20. The fraction of sp³-hybridized carbons (Fsp3) is 0.316. The normalized spacial score (nSPS) is 15.7. The number of piperazine rings is 1. The van der Waals surface area contributed by atoms with Crippen molar-refractivity contribution < 1.29 is 4.52 Å². The Morgan fingerprint density at radius 3 is 2.76 bits per heavy atom. The van der Waals surface area contributed by atoms with Crippen molar-refractivity contribution in [1.82, 2.24) is 10.1 Å². The number of hydrogen-bond acceptors (Lipinski definition) is 5. The highest BCUT2D eigenvalue weighted by Crippen LogP contribution is 2.27. The molecule has 130 valence electrons. The van der Waals surface area contributed by atoms with E-state index in [2.05, 4.69) is 51.5 Å². The van der Waals surface area contributed by atoms with E-state index in [0.717, 1.165) is 54.1 Å². The summed E-state index contributed by atoms with van der Waals surface area (Å²) in [5.74, 6) is 0.859. The molecule has 0 radical (unpaired) electrons. The molecule has 3 heterocycles. The predicted molar refractivity (Wildman–Crippen MR) is 103 cm³/mol. The molecule has 0 aliphatic carbocycles. The van der Waals surface area contributed by atoms with Crippen molar-refractivity contribution in [3.63, 3.8) is 0 Å². The first-order valence-electron chi connectivity index (χ1n) is 8.42. The number of aryl methyl sites for hydroxylation is 1. The third kappa shape index (κ3) is 3.73. The smallest absolute Gasteiger partial charge is 0.177 e. The van der Waals surface area contributed by atoms with Crippen LogP contribution in [0.25, 0.3) is 10.6 Å². The number of benzene rings is 1. The van der Waals surface area contributed by atoms with Crippen molar-refractivity contribution in [2.24, 2.45) is 0 Å². The third-order valence-corrected chi connectivity index (χ3v) is 5.71. The topological polar surface area (TPSA) is 32.5 Å². The maximum Gasteiger partial charge on any atom is 0.177 e. The predicted octanol–water partition coefficient (Wildman–Crippen LogP) is 4.69. The molecule has 4 nitrogen and oxygen atoms in total. The summed E-state index contributed by atoms with van der Waals surface area (Å²) >= 11 is 7.83. The summed E-state index contributed by atoms with van der Waals surface area (Å²) < 4.78 is 5.48. The van der Waals surface area contributed by atoms with Gasteiger partial charge in [0.15, 0.2) is 5.76 Å². The summed E-state index contributed by atoms with van der Waals surface area (Å²) in [6.07, 6.45) is 0. The van der Waals surface area contributed by atoms with Crippen molar-refractivity contribution in [2.75, 3.05) is 31.1 Å². The second-order valence-corrected chi connectivity index (χ2v) is 7.74. The van der Waals surface area contributed by atoms with E-state index in [0.29, 0.717) is 0 Å². The lowest BCUT2D eigenvalue weighted by molar-refractivity contribution is 0.242. The van der Waals surface area contributed by atoms with Gasteiger partial charge in [-0.25, -0.2) is 0 Å². The minimum Gasteiger partial charge on any atom is -0.369 e. The number of halogens is 1. The molecule has 4 rings (SSSR count). The van der Waals surface area contributed by atoms with E-state index in [4.69, 9.17) is 16.1 Å². The van der Waals surface area contributed by atoms with Gasteiger partial charge < -0.3 is 9.42 Å². The Labute approximate surface area is 156 Å². The summed E-state index contributed by atoms with van der Waals surface area (Å²) in [5.41, 5.74) is 3.51. The first-order chi connectivity index (χ1) is 12.2. The fourth-order valence-electron chi connectivity index (χ4n) is 3.22. The molecular weight excluding hydrogens is 354 g/mol. The molecule has 0 atom stereocenters. The number of thiophene rings is 1. The van der Waals surface area contributed by atoms with Crippen molar-refractivity contribution in [1.29, 1.82) is 0 Å². The van der Waals surface area contributed by atoms with Crippen molar-refractivity contribution >= 4 is 28.6 Å². The van der Waals surface area contributed by atoms with Crippen LogP contribution < -0.4 is 4.90 Å². The third-order valence-electron chi connectivity index (χ3n) is 4.59. The Bertz CT molecular complexity index is 838. The van der Waals surface area contributed by atoms with E-state index < -0.39 is 0 Å². The average Bonchev–Trinajstić information content (AvgIpc) is 3.29. The SMILES string of the molecule is Cc1ccc(Cl)cc1N1CCN(Cc2cc(-c3cccs3)on2)CC1. The van der Waals surface area contributed by atoms with Crippen molar-refractivity contribution in [3.05, 3.63) is 58.1 Å². The highest BCUT2D eigenvalue weighted by atomic mass is 35.5. The summed E-state index contributed by atoms with van der Waals surface area (Å²) in [7, 11) is 0. The van der Waals surface area contributed by atoms with Gasteiger partial charge in [0.2, 0.25) is 0 Å². The summed E-state index contributed by atoms with van der Waals surface area (Å²) in [6.45, 7) is 6.98. The molecule has 0 bridgehead atoms. The van der Waals surface area contributed by atoms with Crippen LogP contribution in [0.5, 0.6) is 0 Å². The monoisotopic (exact) mass is 373 g/mol. The zero-order valence-electron chi connectivity index (χ0n) is 14.1. The molecule has 25 heavy (non-hydrogen) atoms. The van der Waals surface area contributed by atoms with Crippen molar-refractivity contribution in [3.8, 4) is 10.6 Å². The van der Waals surface area contributed by atoms with Crippen LogP contribution in [0.15, 0.2) is 46.3 Å². The maximum absolute atomic E-state index is 6.16. The van der Waals surface area contributed by atoms with Crippen LogP contribution in [-0.2, 0) is 6.54 Å². The molecule has 1 aliphatic heterocycles. The average molecular weight is 374 g/mol. The first kappa shape index (κ1) is 16.6. The van der Waals surface area contributed by atoms with Crippen LogP contribution in [0, 0.1) is 6.92 Å². The number of hydrogen-bond donors (Lipinski definition) is 0. The summed E-state index contributed by atoms with van der Waals surface area (Å²) in [6, 6.07) is 12.2. The van der Waals surface area contributed by atoms with Crippen LogP contribution in [0.2, 0.25) is 5.02 Å². The number of aromatic nitrogens is 1. The standard InChI is InChI=1S/C19H20ClN3OS/c1-14-4-5-15(20)11-17(14)23-8-6-22(7-9-23)13-16-12-18(24-21-16)19-3-2-10-25-19/h2-5,10-12H,6-9,13H2,1H3. The van der Waals surface area contributed by atoms with Crippen LogP contribution in [0.3, 0.4) is 0 Å². The Kier molecular flexibility index (Phi) is 4.79. The number of anilines is 1. The zero-order chi connectivity index (χ0) is 17.2. The zero-order valence-corrected chi connectivity index (χ0v) is 15.7. The fourth-order valence-corrected chi connectivity index (χ4v) is 4.06. The Balaban J connectivity index is 1.37. The first-order valence-corrected chi connectivity index (χ1v) is 9.68. The van der Waals surface area contributed by atoms with E-state index in [1.165, 1.54) is 11.3 Å². The highest BCUT2D eigenvalue weighted by molar-refractivity contribution is 7.13. The van der Waals surface area contributed by atoms with E-state index >= 15 is 0 Å². The van der Waals surface area contributed by atoms with Crippen LogP contribution in [-0.4, -0.2) is 36.2 Å². The van der Waals surface area contributed by atoms with Gasteiger partial charge in [-0.2, -0.15) is 0 Å². The van der Waals surface area contributed by atoms with Gasteiger partial charge in [0.25, 0.3) is 0 Å². The molecule has 0 N–H and O–H groups in total. The van der Waals surface area contributed by atoms with Gasteiger partial charge in [-0.1, -0.05) is 28.9 Å². The van der Waals surface area contributed by atoms with Gasteiger partial charge in [0.1, 0.15) is 0 Å². The largest absolute Gasteiger partial charge is 0.369 e. The molecule has 0 amide bonds. The van der Waals surface area contributed by atoms with Crippen LogP contribution in [0.4, 0.5) is 5.69 Å². The van der Waals surface area contributed by atoms with Gasteiger partial charge in [0.05, 0.1) is 10.6 Å². The summed E-state index contributed by atoms with van der Waals surface area (Å²) in [5, 5.41) is 7.08. The lowest BCUT2D eigenvalue weighted by atomic mass is 10.1. The van der Waals surface area contributed by atoms with Gasteiger partial charge in [-0.05, 0) is 36.1 Å². The Morgan fingerprint density at radius 2 is 2.00 bits per heavy atom. The van der Waals surface area contributed by atoms with E-state index in [1.807, 2.05) is 12.1 Å². The molecule has 6 heteroatoms. The molecule has 1 aliphatic rings. The maximum atomic E-state index is 6.16. The minimum atomic E-state index is 0.798. The number of rotatable bonds is 4. The van der Waals surface area contributed by atoms with Gasteiger partial charge in [-0.3, -0.25) is 4.90 Å². The molecule has 1 fully saturated rings. The molecular formula is C19H20ClN3OS. The molecule has 2 aromatic heterocycles. The van der Waals surface area contributed by atoms with Crippen LogP contribution in [0.1, 0.15) is 11.3 Å².